The van der Waals surface area contributed by atoms with Crippen LogP contribution in [0.5, 0.6) is 0 Å². The molecule has 1 atom stereocenters. The lowest BCUT2D eigenvalue weighted by Gasteiger charge is -2.14. The number of benzene rings is 1. The summed E-state index contributed by atoms with van der Waals surface area (Å²) in [5.41, 5.74) is 1.46. The van der Waals surface area contributed by atoms with Gasteiger partial charge in [-0.2, -0.15) is 0 Å². The molecule has 1 aromatic rings. The number of esters is 1. The maximum absolute atomic E-state index is 12.3. The second kappa shape index (κ2) is 8.22. The van der Waals surface area contributed by atoms with Gasteiger partial charge in [0, 0.05) is 11.4 Å². The van der Waals surface area contributed by atoms with Crippen LogP contribution in [0.15, 0.2) is 23.1 Å². The van der Waals surface area contributed by atoms with E-state index in [1.54, 1.807) is 12.1 Å². The predicted octanol–water partition coefficient (Wildman–Crippen LogP) is 1.85. The Kier molecular flexibility index (Phi) is 6.95. The summed E-state index contributed by atoms with van der Waals surface area (Å²) in [4.78, 5) is 12.3. The largest absolute Gasteiger partial charge is 0.465 e. The first kappa shape index (κ1) is 16.9. The average Bonchev–Trinajstić information content (AvgIpc) is 2.46. The van der Waals surface area contributed by atoms with Gasteiger partial charge in [0.2, 0.25) is 0 Å². The second-order valence-corrected chi connectivity index (χ2v) is 5.97. The third-order valence-corrected chi connectivity index (χ3v) is 4.47. The van der Waals surface area contributed by atoms with Gasteiger partial charge < -0.3 is 4.74 Å². The molecular weight excluding hydrogens is 273 g/mol. The maximum Gasteiger partial charge on any atom is 0.337 e. The molecule has 1 aromatic carbocycles. The fraction of sp³-hybridized carbons (Fsp3) is 0.500. The predicted molar refractivity (Wildman–Crippen MR) is 84.2 cm³/mol. The smallest absolute Gasteiger partial charge is 0.337 e. The van der Waals surface area contributed by atoms with Gasteiger partial charge in [0.15, 0.2) is 6.71 Å². The van der Waals surface area contributed by atoms with Gasteiger partial charge in [0.25, 0.3) is 0 Å². The molecule has 110 valence electrons. The van der Waals surface area contributed by atoms with Gasteiger partial charge in [-0.1, -0.05) is 44.9 Å². The third-order valence-electron chi connectivity index (χ3n) is 3.16. The van der Waals surface area contributed by atoms with E-state index in [4.69, 9.17) is 4.74 Å². The van der Waals surface area contributed by atoms with E-state index < -0.39 is 17.0 Å². The van der Waals surface area contributed by atoms with Crippen molar-refractivity contribution in [2.24, 2.45) is 0 Å². The molecule has 0 saturated heterocycles. The molecule has 0 aliphatic rings. The first-order chi connectivity index (χ1) is 9.54. The molecule has 0 radical (unpaired) electrons. The topological polar surface area (TPSA) is 55.4 Å². The Bertz CT molecular complexity index is 493. The van der Waals surface area contributed by atoms with Crippen molar-refractivity contribution in [2.75, 3.05) is 13.7 Å². The van der Waals surface area contributed by atoms with Gasteiger partial charge in [-0.25, -0.2) is 13.7 Å². The molecule has 0 bridgehead atoms. The molecule has 4 nitrogen and oxygen atoms in total. The van der Waals surface area contributed by atoms with Crippen molar-refractivity contribution in [2.45, 2.75) is 38.3 Å². The summed E-state index contributed by atoms with van der Waals surface area (Å²) < 4.78 is 19.9. The van der Waals surface area contributed by atoms with E-state index in [1.807, 2.05) is 13.0 Å². The number of carbonyl (C=O) groups excluding carboxylic acids is 1. The molecule has 0 heterocycles. The number of ether oxygens (including phenoxy) is 1. The summed E-state index contributed by atoms with van der Waals surface area (Å²) in [6.45, 7) is 7.06. The summed E-state index contributed by atoms with van der Waals surface area (Å²) in [5.74, 6) is -0.408. The van der Waals surface area contributed by atoms with Gasteiger partial charge in [0.05, 0.1) is 12.7 Å². The fourth-order valence-corrected chi connectivity index (χ4v) is 3.28. The Labute approximate surface area is 124 Å². The highest BCUT2D eigenvalue weighted by Crippen LogP contribution is 2.11. The van der Waals surface area contributed by atoms with Crippen molar-refractivity contribution in [1.29, 1.82) is 0 Å². The number of hydrogen-bond donors (Lipinski definition) is 1. The number of carbonyl (C=O) groups is 1. The van der Waals surface area contributed by atoms with Crippen LogP contribution < -0.4 is 10.2 Å². The minimum absolute atomic E-state index is 0.310. The van der Waals surface area contributed by atoms with Crippen molar-refractivity contribution in [3.8, 4) is 0 Å². The SMILES string of the molecule is CCCB(C)c1ccc(C(=O)OC)cc1S(=O)NCC. The van der Waals surface area contributed by atoms with E-state index in [1.165, 1.54) is 7.11 Å². The fourth-order valence-electron chi connectivity index (χ4n) is 2.14. The summed E-state index contributed by atoms with van der Waals surface area (Å²) in [7, 11) is 0.0384. The summed E-state index contributed by atoms with van der Waals surface area (Å²) in [6, 6.07) is 5.29. The highest BCUT2D eigenvalue weighted by Gasteiger charge is 2.19. The molecule has 0 fully saturated rings. The zero-order valence-electron chi connectivity index (χ0n) is 12.6. The molecule has 0 aliphatic heterocycles. The lowest BCUT2D eigenvalue weighted by molar-refractivity contribution is 0.0600. The van der Waals surface area contributed by atoms with E-state index >= 15 is 0 Å². The molecular formula is C14H22BNO3S. The minimum atomic E-state index is -1.31. The normalized spacial score (nSPS) is 12.0. The average molecular weight is 295 g/mol. The van der Waals surface area contributed by atoms with Crippen molar-refractivity contribution in [1.82, 2.24) is 4.72 Å². The first-order valence-corrected chi connectivity index (χ1v) is 8.07. The van der Waals surface area contributed by atoms with E-state index in [2.05, 4.69) is 18.5 Å². The van der Waals surface area contributed by atoms with Gasteiger partial charge in [-0.3, -0.25) is 0 Å². The number of hydrogen-bond acceptors (Lipinski definition) is 3. The van der Waals surface area contributed by atoms with Gasteiger partial charge in [-0.15, -0.1) is 0 Å². The molecule has 1 rings (SSSR count). The van der Waals surface area contributed by atoms with Crippen LogP contribution in [0.1, 0.15) is 30.6 Å². The van der Waals surface area contributed by atoms with Crippen molar-refractivity contribution in [3.05, 3.63) is 23.8 Å². The van der Waals surface area contributed by atoms with Gasteiger partial charge >= 0.3 is 5.97 Å². The number of nitrogens with one attached hydrogen (secondary N) is 1. The van der Waals surface area contributed by atoms with Crippen molar-refractivity contribution < 1.29 is 13.7 Å². The Hall–Kier alpha value is -1.14. The monoisotopic (exact) mass is 295 g/mol. The lowest BCUT2D eigenvalue weighted by atomic mass is 9.44. The Morgan fingerprint density at radius 1 is 1.40 bits per heavy atom. The molecule has 0 saturated carbocycles. The second-order valence-electron chi connectivity index (χ2n) is 4.70. The zero-order chi connectivity index (χ0) is 15.1. The molecule has 0 aliphatic carbocycles. The molecule has 0 amide bonds. The van der Waals surface area contributed by atoms with Gasteiger partial charge in [-0.05, 0) is 12.1 Å². The Morgan fingerprint density at radius 3 is 2.65 bits per heavy atom. The van der Waals surface area contributed by atoms with Crippen molar-refractivity contribution in [3.63, 3.8) is 0 Å². The highest BCUT2D eigenvalue weighted by atomic mass is 32.2. The molecule has 1 unspecified atom stereocenters. The first-order valence-electron chi connectivity index (χ1n) is 6.92. The standard InChI is InChI=1S/C14H22BNO3S/c1-5-9-15(3)12-8-7-11(14(17)19-4)10-13(12)20(18)16-6-2/h7-8,10,16H,5-6,9H2,1-4H3. The summed E-state index contributed by atoms with van der Waals surface area (Å²) in [5, 5.41) is 0. The zero-order valence-corrected chi connectivity index (χ0v) is 13.4. The van der Waals surface area contributed by atoms with E-state index in [-0.39, 0.29) is 0 Å². The summed E-state index contributed by atoms with van der Waals surface area (Å²) in [6.07, 6.45) is 2.08. The number of methoxy groups -OCH3 is 1. The molecule has 0 aromatic heterocycles. The van der Waals surface area contributed by atoms with E-state index in [0.29, 0.717) is 23.7 Å². The molecule has 6 heteroatoms. The van der Waals surface area contributed by atoms with Crippen molar-refractivity contribution >= 4 is 29.1 Å². The number of rotatable bonds is 7. The third kappa shape index (κ3) is 4.18. The van der Waals surface area contributed by atoms with E-state index in [0.717, 1.165) is 18.2 Å². The van der Waals surface area contributed by atoms with Crippen LogP contribution in [0.2, 0.25) is 13.1 Å². The molecule has 1 N–H and O–H groups in total. The lowest BCUT2D eigenvalue weighted by Crippen LogP contribution is -2.33. The summed E-state index contributed by atoms with van der Waals surface area (Å²) >= 11 is 0. The van der Waals surface area contributed by atoms with E-state index in [9.17, 15) is 9.00 Å². The van der Waals surface area contributed by atoms with Gasteiger partial charge in [0.1, 0.15) is 11.0 Å². The van der Waals surface area contributed by atoms with Crippen LogP contribution in [-0.2, 0) is 15.7 Å². The Morgan fingerprint density at radius 2 is 2.10 bits per heavy atom. The van der Waals surface area contributed by atoms with Crippen LogP contribution >= 0.6 is 0 Å². The van der Waals surface area contributed by atoms with Crippen LogP contribution in [0, 0.1) is 0 Å². The quantitative estimate of drug-likeness (QED) is 0.617. The van der Waals surface area contributed by atoms with Crippen LogP contribution in [-0.4, -0.2) is 30.5 Å². The maximum atomic E-state index is 12.3. The Balaban J connectivity index is 3.22. The molecule has 20 heavy (non-hydrogen) atoms. The van der Waals surface area contributed by atoms with Crippen LogP contribution in [0.3, 0.4) is 0 Å². The minimum Gasteiger partial charge on any atom is -0.465 e. The van der Waals surface area contributed by atoms with Crippen LogP contribution in [0.4, 0.5) is 0 Å². The van der Waals surface area contributed by atoms with Crippen LogP contribution in [0.25, 0.3) is 0 Å². The molecule has 0 spiro atoms. The highest BCUT2D eigenvalue weighted by molar-refractivity contribution is 7.83.